The molecule has 0 radical (unpaired) electrons. The SMILES string of the molecule is C=C1/C(=C\C=C2/CCC[C@]3(C)[C@@H]([C@@H](C)OCCCS(C)(=O)=O)CC[C@@H]23)CC(O)CC1O. The molecule has 0 aromatic carbocycles. The molecule has 2 N–H and O–H groups in total. The minimum Gasteiger partial charge on any atom is -0.393 e. The van der Waals surface area contributed by atoms with E-state index in [-0.39, 0.29) is 17.3 Å². The van der Waals surface area contributed by atoms with Gasteiger partial charge in [-0.2, -0.15) is 0 Å². The Hall–Kier alpha value is -0.950. The van der Waals surface area contributed by atoms with Gasteiger partial charge in [-0.3, -0.25) is 0 Å². The molecule has 0 aromatic heterocycles. The summed E-state index contributed by atoms with van der Waals surface area (Å²) in [5.74, 6) is 1.18. The van der Waals surface area contributed by atoms with Crippen LogP contribution in [0.1, 0.15) is 65.2 Å². The van der Waals surface area contributed by atoms with Gasteiger partial charge < -0.3 is 14.9 Å². The lowest BCUT2D eigenvalue weighted by Crippen LogP contribution is -2.38. The number of aliphatic hydroxyl groups excluding tert-OH is 2. The number of sulfone groups is 1. The Morgan fingerprint density at radius 2 is 2.03 bits per heavy atom. The van der Waals surface area contributed by atoms with E-state index in [1.165, 1.54) is 18.2 Å². The zero-order valence-electron chi connectivity index (χ0n) is 19.3. The first-order valence-electron chi connectivity index (χ1n) is 11.8. The third-order valence-electron chi connectivity index (χ3n) is 7.91. The average Bonchev–Trinajstić information content (AvgIpc) is 3.03. The number of hydrogen-bond donors (Lipinski definition) is 2. The number of ether oxygens (including phenoxy) is 1. The van der Waals surface area contributed by atoms with Gasteiger partial charge in [-0.05, 0) is 80.3 Å². The van der Waals surface area contributed by atoms with E-state index in [9.17, 15) is 18.6 Å². The lowest BCUT2D eigenvalue weighted by Gasteiger charge is -2.44. The predicted octanol–water partition coefficient (Wildman–Crippen LogP) is 3.97. The van der Waals surface area contributed by atoms with Crippen LogP contribution in [0.3, 0.4) is 0 Å². The molecule has 0 saturated heterocycles. The molecule has 6 heteroatoms. The Bertz CT molecular complexity index is 827. The van der Waals surface area contributed by atoms with Gasteiger partial charge in [-0.1, -0.05) is 31.2 Å². The second-order valence-electron chi connectivity index (χ2n) is 10.2. The normalized spacial score (nSPS) is 37.9. The molecule has 0 spiro atoms. The average molecular weight is 453 g/mol. The summed E-state index contributed by atoms with van der Waals surface area (Å²) in [7, 11) is -2.94. The number of allylic oxidation sites excluding steroid dienone is 3. The minimum absolute atomic E-state index is 0.121. The first kappa shape index (κ1) is 24.7. The van der Waals surface area contributed by atoms with Crippen molar-refractivity contribution >= 4 is 9.84 Å². The van der Waals surface area contributed by atoms with Crippen LogP contribution in [0.5, 0.6) is 0 Å². The lowest BCUT2D eigenvalue weighted by atomic mass is 9.62. The summed E-state index contributed by atoms with van der Waals surface area (Å²) in [6, 6.07) is 0. The van der Waals surface area contributed by atoms with Crippen molar-refractivity contribution in [3.8, 4) is 0 Å². The fourth-order valence-electron chi connectivity index (χ4n) is 6.22. The van der Waals surface area contributed by atoms with Crippen molar-refractivity contribution in [1.82, 2.24) is 0 Å². The van der Waals surface area contributed by atoms with E-state index in [2.05, 4.69) is 32.6 Å². The highest BCUT2D eigenvalue weighted by Crippen LogP contribution is 2.58. The van der Waals surface area contributed by atoms with E-state index in [0.29, 0.717) is 37.7 Å². The molecule has 0 heterocycles. The van der Waals surface area contributed by atoms with Gasteiger partial charge in [0, 0.05) is 19.3 Å². The highest BCUT2D eigenvalue weighted by molar-refractivity contribution is 7.90. The molecule has 176 valence electrons. The molecule has 3 aliphatic carbocycles. The zero-order valence-corrected chi connectivity index (χ0v) is 20.2. The summed E-state index contributed by atoms with van der Waals surface area (Å²) in [6.07, 6.45) is 11.8. The standard InChI is InChI=1S/C25H40O5S/c1-17-20(15-21(26)16-24(17)27)9-8-19-7-5-12-25(3)22(10-11-23(19)25)18(2)30-13-6-14-31(4,28)29/h8-9,18,21-24,26-27H,1,5-7,10-16H2,2-4H3/b19-8+,20-9-/t18-,21?,22-,23+,24?,25-/m1/s1. The van der Waals surface area contributed by atoms with Crippen molar-refractivity contribution in [3.05, 3.63) is 35.5 Å². The molecular weight excluding hydrogens is 412 g/mol. The quantitative estimate of drug-likeness (QED) is 0.571. The molecule has 3 rings (SSSR count). The molecule has 0 aliphatic heterocycles. The number of rotatable bonds is 7. The van der Waals surface area contributed by atoms with Crippen molar-refractivity contribution in [2.24, 2.45) is 17.3 Å². The second-order valence-corrected chi connectivity index (χ2v) is 12.5. The Labute approximate surface area is 188 Å². The van der Waals surface area contributed by atoms with Gasteiger partial charge in [0.2, 0.25) is 0 Å². The molecule has 31 heavy (non-hydrogen) atoms. The largest absolute Gasteiger partial charge is 0.393 e. The molecule has 0 aromatic rings. The molecule has 2 unspecified atom stereocenters. The third-order valence-corrected chi connectivity index (χ3v) is 8.94. The Morgan fingerprint density at radius 1 is 1.29 bits per heavy atom. The van der Waals surface area contributed by atoms with Gasteiger partial charge in [-0.25, -0.2) is 8.42 Å². The van der Waals surface area contributed by atoms with Gasteiger partial charge in [0.25, 0.3) is 0 Å². The number of hydrogen-bond acceptors (Lipinski definition) is 5. The monoisotopic (exact) mass is 452 g/mol. The molecule has 3 aliphatic rings. The Balaban J connectivity index is 1.67. The highest BCUT2D eigenvalue weighted by atomic mass is 32.2. The van der Waals surface area contributed by atoms with Gasteiger partial charge in [0.05, 0.1) is 24.1 Å². The first-order valence-corrected chi connectivity index (χ1v) is 13.8. The maximum atomic E-state index is 11.3. The van der Waals surface area contributed by atoms with E-state index in [1.807, 2.05) is 0 Å². The van der Waals surface area contributed by atoms with Gasteiger partial charge in [0.15, 0.2) is 0 Å². The molecule has 0 bridgehead atoms. The van der Waals surface area contributed by atoms with Crippen LogP contribution in [0.4, 0.5) is 0 Å². The first-order chi connectivity index (χ1) is 14.5. The van der Waals surface area contributed by atoms with E-state index in [4.69, 9.17) is 4.74 Å². The minimum atomic E-state index is -2.94. The van der Waals surface area contributed by atoms with Crippen molar-refractivity contribution in [2.75, 3.05) is 18.6 Å². The fourth-order valence-corrected chi connectivity index (χ4v) is 6.86. The van der Waals surface area contributed by atoms with Crippen molar-refractivity contribution in [1.29, 1.82) is 0 Å². The molecule has 6 atom stereocenters. The molecule has 5 nitrogen and oxygen atoms in total. The van der Waals surface area contributed by atoms with Crippen molar-refractivity contribution in [2.45, 2.75) is 83.5 Å². The summed E-state index contributed by atoms with van der Waals surface area (Å²) < 4.78 is 28.8. The van der Waals surface area contributed by atoms with E-state index in [0.717, 1.165) is 36.8 Å². The number of aliphatic hydroxyl groups is 2. The molecule has 0 amide bonds. The van der Waals surface area contributed by atoms with Gasteiger partial charge >= 0.3 is 0 Å². The van der Waals surface area contributed by atoms with E-state index in [1.54, 1.807) is 0 Å². The van der Waals surface area contributed by atoms with Crippen LogP contribution in [0.15, 0.2) is 35.5 Å². The fraction of sp³-hybridized carbons (Fsp3) is 0.760. The van der Waals surface area contributed by atoms with Gasteiger partial charge in [-0.15, -0.1) is 0 Å². The second kappa shape index (κ2) is 9.90. The van der Waals surface area contributed by atoms with Crippen LogP contribution < -0.4 is 0 Å². The van der Waals surface area contributed by atoms with Crippen LogP contribution in [-0.2, 0) is 14.6 Å². The van der Waals surface area contributed by atoms with Crippen LogP contribution in [0.25, 0.3) is 0 Å². The Morgan fingerprint density at radius 3 is 2.74 bits per heavy atom. The van der Waals surface area contributed by atoms with Crippen LogP contribution in [-0.4, -0.2) is 55.6 Å². The maximum Gasteiger partial charge on any atom is 0.147 e. The van der Waals surface area contributed by atoms with E-state index < -0.39 is 22.0 Å². The lowest BCUT2D eigenvalue weighted by molar-refractivity contribution is -0.0244. The summed E-state index contributed by atoms with van der Waals surface area (Å²) in [4.78, 5) is 0. The van der Waals surface area contributed by atoms with Gasteiger partial charge in [0.1, 0.15) is 9.84 Å². The molecule has 3 fully saturated rings. The zero-order chi connectivity index (χ0) is 22.8. The summed E-state index contributed by atoms with van der Waals surface area (Å²) in [6.45, 7) is 9.07. The van der Waals surface area contributed by atoms with Crippen molar-refractivity contribution in [3.63, 3.8) is 0 Å². The summed E-state index contributed by atoms with van der Waals surface area (Å²) in [5, 5.41) is 20.1. The smallest absolute Gasteiger partial charge is 0.147 e. The van der Waals surface area contributed by atoms with Crippen LogP contribution in [0, 0.1) is 17.3 Å². The Kier molecular flexibility index (Phi) is 7.88. The number of fused-ring (bicyclic) bond motifs is 1. The topological polar surface area (TPSA) is 83.8 Å². The summed E-state index contributed by atoms with van der Waals surface area (Å²) in [5.41, 5.74) is 3.36. The molecular formula is C25H40O5S. The third kappa shape index (κ3) is 5.89. The molecule has 3 saturated carbocycles. The summed E-state index contributed by atoms with van der Waals surface area (Å²) >= 11 is 0. The predicted molar refractivity (Wildman–Crippen MR) is 124 cm³/mol. The van der Waals surface area contributed by atoms with Crippen LogP contribution >= 0.6 is 0 Å². The van der Waals surface area contributed by atoms with Crippen molar-refractivity contribution < 1.29 is 23.4 Å². The maximum absolute atomic E-state index is 11.3. The highest BCUT2D eigenvalue weighted by Gasteiger charge is 2.51. The van der Waals surface area contributed by atoms with Crippen LogP contribution in [0.2, 0.25) is 0 Å². The van der Waals surface area contributed by atoms with E-state index >= 15 is 0 Å².